The van der Waals surface area contributed by atoms with Crippen molar-refractivity contribution >= 4 is 35.1 Å². The lowest BCUT2D eigenvalue weighted by Gasteiger charge is -2.12. The molecule has 0 heterocycles. The molecule has 0 aliphatic heterocycles. The quantitative estimate of drug-likeness (QED) is 0.374. The highest BCUT2D eigenvalue weighted by atomic mass is 35.5. The molecule has 0 aliphatic rings. The molecule has 0 bridgehead atoms. The molecule has 0 spiro atoms. The van der Waals surface area contributed by atoms with Gasteiger partial charge in [-0.25, -0.2) is 8.78 Å². The predicted molar refractivity (Wildman–Crippen MR) is 116 cm³/mol. The molecule has 6 nitrogen and oxygen atoms in total. The molecule has 0 unspecified atom stereocenters. The standard InChI is InChI=1S/C22H18ClF2N3O3/c1-30-21-10-14(12-26-28-19-8-7-15(24)11-17(19)25)6-9-20(21)31-13-22(29)27-18-5-3-2-4-16(18)23/h2-12,28H,13H2,1H3,(H,27,29)/b26-12+. The number of amides is 1. The Bertz CT molecular complexity index is 1110. The summed E-state index contributed by atoms with van der Waals surface area (Å²) in [5, 5.41) is 7.01. The van der Waals surface area contributed by atoms with Crippen LogP contribution in [-0.4, -0.2) is 25.8 Å². The second-order valence-electron chi connectivity index (χ2n) is 6.22. The minimum atomic E-state index is -0.756. The third kappa shape index (κ3) is 6.16. The number of rotatable bonds is 8. The molecule has 0 radical (unpaired) electrons. The van der Waals surface area contributed by atoms with Gasteiger partial charge in [-0.2, -0.15) is 5.10 Å². The van der Waals surface area contributed by atoms with Gasteiger partial charge in [0.15, 0.2) is 23.9 Å². The number of para-hydroxylation sites is 1. The van der Waals surface area contributed by atoms with E-state index in [0.29, 0.717) is 27.8 Å². The molecule has 3 aromatic rings. The van der Waals surface area contributed by atoms with Crippen molar-refractivity contribution in [2.45, 2.75) is 0 Å². The summed E-state index contributed by atoms with van der Waals surface area (Å²) in [5.41, 5.74) is 3.65. The van der Waals surface area contributed by atoms with E-state index in [2.05, 4.69) is 15.8 Å². The average Bonchev–Trinajstić information content (AvgIpc) is 2.75. The Morgan fingerprint density at radius 3 is 2.61 bits per heavy atom. The molecule has 1 amide bonds. The van der Waals surface area contributed by atoms with E-state index in [1.54, 1.807) is 42.5 Å². The number of hydrazone groups is 1. The first-order chi connectivity index (χ1) is 15.0. The molecule has 0 saturated carbocycles. The van der Waals surface area contributed by atoms with Crippen molar-refractivity contribution in [1.82, 2.24) is 0 Å². The molecule has 9 heteroatoms. The fourth-order valence-electron chi connectivity index (χ4n) is 2.53. The van der Waals surface area contributed by atoms with Crippen LogP contribution < -0.4 is 20.2 Å². The molecule has 0 fully saturated rings. The van der Waals surface area contributed by atoms with Gasteiger partial charge in [0.25, 0.3) is 5.91 Å². The fourth-order valence-corrected chi connectivity index (χ4v) is 2.72. The largest absolute Gasteiger partial charge is 0.493 e. The van der Waals surface area contributed by atoms with Crippen molar-refractivity contribution in [3.8, 4) is 11.5 Å². The van der Waals surface area contributed by atoms with E-state index in [9.17, 15) is 13.6 Å². The summed E-state index contributed by atoms with van der Waals surface area (Å²) in [6.45, 7) is -0.250. The second-order valence-corrected chi connectivity index (χ2v) is 6.63. The first-order valence-corrected chi connectivity index (χ1v) is 9.43. The Labute approximate surface area is 182 Å². The third-order valence-corrected chi connectivity index (χ3v) is 4.35. The zero-order valence-corrected chi connectivity index (χ0v) is 17.1. The van der Waals surface area contributed by atoms with Gasteiger partial charge in [0, 0.05) is 6.07 Å². The van der Waals surface area contributed by atoms with E-state index < -0.39 is 11.6 Å². The number of halogens is 3. The molecule has 0 atom stereocenters. The number of benzene rings is 3. The van der Waals surface area contributed by atoms with E-state index in [4.69, 9.17) is 21.1 Å². The van der Waals surface area contributed by atoms with Crippen LogP contribution in [-0.2, 0) is 4.79 Å². The first-order valence-electron chi connectivity index (χ1n) is 9.05. The monoisotopic (exact) mass is 445 g/mol. The van der Waals surface area contributed by atoms with Gasteiger partial charge in [-0.05, 0) is 48.0 Å². The number of anilines is 2. The Morgan fingerprint density at radius 2 is 1.87 bits per heavy atom. The van der Waals surface area contributed by atoms with E-state index in [0.717, 1.165) is 12.1 Å². The van der Waals surface area contributed by atoms with Crippen LogP contribution in [0.1, 0.15) is 5.56 Å². The van der Waals surface area contributed by atoms with E-state index in [-0.39, 0.29) is 18.2 Å². The number of nitrogens with one attached hydrogen (secondary N) is 2. The Balaban J connectivity index is 1.60. The minimum Gasteiger partial charge on any atom is -0.493 e. The normalized spacial score (nSPS) is 10.7. The van der Waals surface area contributed by atoms with Gasteiger partial charge in [-0.3, -0.25) is 10.2 Å². The van der Waals surface area contributed by atoms with Crippen molar-refractivity contribution in [2.75, 3.05) is 24.5 Å². The zero-order chi connectivity index (χ0) is 22.2. The topological polar surface area (TPSA) is 71.9 Å². The molecule has 0 aliphatic carbocycles. The van der Waals surface area contributed by atoms with Crippen molar-refractivity contribution < 1.29 is 23.0 Å². The van der Waals surface area contributed by atoms with Crippen LogP contribution in [0, 0.1) is 11.6 Å². The van der Waals surface area contributed by atoms with Gasteiger partial charge in [0.1, 0.15) is 5.82 Å². The van der Waals surface area contributed by atoms with Crippen LogP contribution in [0.2, 0.25) is 5.02 Å². The summed E-state index contributed by atoms with van der Waals surface area (Å²) in [4.78, 5) is 12.1. The summed E-state index contributed by atoms with van der Waals surface area (Å²) >= 11 is 6.02. The van der Waals surface area contributed by atoms with Crippen LogP contribution in [0.5, 0.6) is 11.5 Å². The van der Waals surface area contributed by atoms with E-state index >= 15 is 0 Å². The maximum absolute atomic E-state index is 13.6. The minimum absolute atomic E-state index is 0.0362. The van der Waals surface area contributed by atoms with Gasteiger partial charge >= 0.3 is 0 Å². The molecule has 31 heavy (non-hydrogen) atoms. The number of nitrogens with zero attached hydrogens (tertiary/aromatic N) is 1. The molecule has 0 saturated heterocycles. The van der Waals surface area contributed by atoms with Crippen LogP contribution in [0.25, 0.3) is 0 Å². The van der Waals surface area contributed by atoms with Gasteiger partial charge in [0.05, 0.1) is 29.7 Å². The summed E-state index contributed by atoms with van der Waals surface area (Å²) in [6.07, 6.45) is 1.43. The smallest absolute Gasteiger partial charge is 0.262 e. The lowest BCUT2D eigenvalue weighted by Crippen LogP contribution is -2.20. The number of hydrogen-bond donors (Lipinski definition) is 2. The van der Waals surface area contributed by atoms with Crippen LogP contribution >= 0.6 is 11.6 Å². The number of hydrogen-bond acceptors (Lipinski definition) is 5. The van der Waals surface area contributed by atoms with Crippen molar-refractivity contribution in [2.24, 2.45) is 5.10 Å². The lowest BCUT2D eigenvalue weighted by atomic mass is 10.2. The van der Waals surface area contributed by atoms with Gasteiger partial charge in [-0.15, -0.1) is 0 Å². The Hall–Kier alpha value is -3.65. The highest BCUT2D eigenvalue weighted by Gasteiger charge is 2.10. The number of ether oxygens (including phenoxy) is 2. The van der Waals surface area contributed by atoms with E-state index in [1.807, 2.05) is 0 Å². The van der Waals surface area contributed by atoms with Crippen molar-refractivity contribution in [3.63, 3.8) is 0 Å². The summed E-state index contributed by atoms with van der Waals surface area (Å²) in [6, 6.07) is 14.9. The predicted octanol–water partition coefficient (Wildman–Crippen LogP) is 5.09. The van der Waals surface area contributed by atoms with Crippen LogP contribution in [0.3, 0.4) is 0 Å². The molecule has 160 valence electrons. The number of methoxy groups -OCH3 is 1. The summed E-state index contributed by atoms with van der Waals surface area (Å²) in [5.74, 6) is -1.08. The molecule has 3 rings (SSSR count). The SMILES string of the molecule is COc1cc(/C=N/Nc2ccc(F)cc2F)ccc1OCC(=O)Nc1ccccc1Cl. The Kier molecular flexibility index (Phi) is 7.40. The highest BCUT2D eigenvalue weighted by molar-refractivity contribution is 6.33. The molecule has 2 N–H and O–H groups in total. The number of carbonyl (C=O) groups is 1. The highest BCUT2D eigenvalue weighted by Crippen LogP contribution is 2.28. The maximum atomic E-state index is 13.6. The van der Waals surface area contributed by atoms with Gasteiger partial charge in [0.2, 0.25) is 0 Å². The zero-order valence-electron chi connectivity index (χ0n) is 16.4. The lowest BCUT2D eigenvalue weighted by molar-refractivity contribution is -0.118. The average molecular weight is 446 g/mol. The van der Waals surface area contributed by atoms with Crippen molar-refractivity contribution in [3.05, 3.63) is 82.9 Å². The van der Waals surface area contributed by atoms with Crippen molar-refractivity contribution in [1.29, 1.82) is 0 Å². The molecule has 0 aromatic heterocycles. The van der Waals surface area contributed by atoms with Gasteiger partial charge < -0.3 is 14.8 Å². The third-order valence-electron chi connectivity index (χ3n) is 4.02. The summed E-state index contributed by atoms with van der Waals surface area (Å²) < 4.78 is 37.4. The van der Waals surface area contributed by atoms with Crippen LogP contribution in [0.4, 0.5) is 20.2 Å². The van der Waals surface area contributed by atoms with E-state index in [1.165, 1.54) is 19.4 Å². The van der Waals surface area contributed by atoms with Gasteiger partial charge in [-0.1, -0.05) is 23.7 Å². The molecule has 3 aromatic carbocycles. The number of carbonyl (C=O) groups excluding carboxylic acids is 1. The molecular weight excluding hydrogens is 428 g/mol. The molecular formula is C22H18ClF2N3O3. The van der Waals surface area contributed by atoms with Crippen LogP contribution in [0.15, 0.2) is 65.8 Å². The summed E-state index contributed by atoms with van der Waals surface area (Å²) in [7, 11) is 1.46. The maximum Gasteiger partial charge on any atom is 0.262 e. The Morgan fingerprint density at radius 1 is 1.06 bits per heavy atom. The fraction of sp³-hybridized carbons (Fsp3) is 0.0909. The first kappa shape index (κ1) is 22.0. The second kappa shape index (κ2) is 10.4.